The lowest BCUT2D eigenvalue weighted by molar-refractivity contribution is 0.277. The standard InChI is InChI=1S/C36H51NO6/c1-7-38-31-16-13-28(25-34(31)41-10-4)19-22-37(23-20-29-14-17-32(39-8-2)35(26-29)42-11-5)24-21-30-15-18-33(40-9-3)36(27-30)43-12-6/h13-18,25-27H,7-12,19-24H2,1-6H3. The average Bonchev–Trinajstić information content (AvgIpc) is 3.01. The number of hydrogen-bond donors (Lipinski definition) is 0. The zero-order valence-electron chi connectivity index (χ0n) is 27.1. The maximum atomic E-state index is 5.88. The predicted octanol–water partition coefficient (Wildman–Crippen LogP) is 7.41. The molecule has 43 heavy (non-hydrogen) atoms. The number of hydrogen-bond acceptors (Lipinski definition) is 7. The van der Waals surface area contributed by atoms with Crippen molar-refractivity contribution in [3.05, 3.63) is 71.3 Å². The van der Waals surface area contributed by atoms with Crippen LogP contribution in [0.25, 0.3) is 0 Å². The summed E-state index contributed by atoms with van der Waals surface area (Å²) in [5.41, 5.74) is 3.70. The van der Waals surface area contributed by atoms with Gasteiger partial charge in [-0.25, -0.2) is 0 Å². The first-order valence-electron chi connectivity index (χ1n) is 15.9. The molecule has 0 saturated carbocycles. The van der Waals surface area contributed by atoms with Crippen molar-refractivity contribution in [2.45, 2.75) is 60.8 Å². The molecule has 0 bridgehead atoms. The van der Waals surface area contributed by atoms with Gasteiger partial charge in [0, 0.05) is 19.6 Å². The first-order valence-corrected chi connectivity index (χ1v) is 15.9. The second-order valence-electron chi connectivity index (χ2n) is 10.0. The van der Waals surface area contributed by atoms with Gasteiger partial charge in [-0.05, 0) is 114 Å². The largest absolute Gasteiger partial charge is 0.490 e. The zero-order chi connectivity index (χ0) is 30.9. The van der Waals surface area contributed by atoms with Gasteiger partial charge in [0.2, 0.25) is 0 Å². The van der Waals surface area contributed by atoms with E-state index in [-0.39, 0.29) is 0 Å². The number of benzene rings is 3. The summed E-state index contributed by atoms with van der Waals surface area (Å²) in [6.45, 7) is 18.4. The predicted molar refractivity (Wildman–Crippen MR) is 174 cm³/mol. The summed E-state index contributed by atoms with van der Waals surface area (Å²) in [7, 11) is 0. The van der Waals surface area contributed by atoms with E-state index in [1.807, 2.05) is 59.7 Å². The molecular formula is C36H51NO6. The molecule has 0 aliphatic heterocycles. The van der Waals surface area contributed by atoms with E-state index in [0.29, 0.717) is 39.6 Å². The molecule has 0 radical (unpaired) electrons. The van der Waals surface area contributed by atoms with Crippen LogP contribution in [0.1, 0.15) is 58.2 Å². The number of nitrogens with zero attached hydrogens (tertiary/aromatic N) is 1. The molecule has 0 aromatic heterocycles. The van der Waals surface area contributed by atoms with Crippen LogP contribution >= 0.6 is 0 Å². The molecule has 0 atom stereocenters. The normalized spacial score (nSPS) is 11.0. The van der Waals surface area contributed by atoms with Crippen LogP contribution in [0.15, 0.2) is 54.6 Å². The Morgan fingerprint density at radius 2 is 0.628 bits per heavy atom. The average molecular weight is 594 g/mol. The monoisotopic (exact) mass is 593 g/mol. The van der Waals surface area contributed by atoms with Gasteiger partial charge in [0.1, 0.15) is 0 Å². The first-order chi connectivity index (χ1) is 21.0. The minimum absolute atomic E-state index is 0.604. The smallest absolute Gasteiger partial charge is 0.161 e. The summed E-state index contributed by atoms with van der Waals surface area (Å²) in [6.07, 6.45) is 2.73. The van der Waals surface area contributed by atoms with Gasteiger partial charge in [-0.15, -0.1) is 0 Å². The first kappa shape index (κ1) is 33.9. The summed E-state index contributed by atoms with van der Waals surface area (Å²) in [4.78, 5) is 2.53. The van der Waals surface area contributed by atoms with Crippen LogP contribution in [0.4, 0.5) is 0 Å². The van der Waals surface area contributed by atoms with E-state index in [4.69, 9.17) is 28.4 Å². The number of rotatable bonds is 21. The van der Waals surface area contributed by atoms with Crippen molar-refractivity contribution in [3.8, 4) is 34.5 Å². The Bertz CT molecular complexity index is 1080. The van der Waals surface area contributed by atoms with Crippen molar-refractivity contribution in [1.29, 1.82) is 0 Å². The third-order valence-corrected chi connectivity index (χ3v) is 6.97. The second kappa shape index (κ2) is 18.9. The lowest BCUT2D eigenvalue weighted by Crippen LogP contribution is -2.30. The molecule has 0 amide bonds. The summed E-state index contributed by atoms with van der Waals surface area (Å²) >= 11 is 0. The fraction of sp³-hybridized carbons (Fsp3) is 0.500. The van der Waals surface area contributed by atoms with Crippen molar-refractivity contribution in [2.75, 3.05) is 59.3 Å². The summed E-state index contributed by atoms with van der Waals surface area (Å²) in [6, 6.07) is 18.9. The second-order valence-corrected chi connectivity index (χ2v) is 10.0. The van der Waals surface area contributed by atoms with Crippen molar-refractivity contribution >= 4 is 0 Å². The van der Waals surface area contributed by atoms with Crippen LogP contribution in [0.2, 0.25) is 0 Å². The topological polar surface area (TPSA) is 58.6 Å². The van der Waals surface area contributed by atoms with Gasteiger partial charge in [0.15, 0.2) is 34.5 Å². The van der Waals surface area contributed by atoms with Crippen LogP contribution in [-0.4, -0.2) is 64.2 Å². The van der Waals surface area contributed by atoms with Gasteiger partial charge >= 0.3 is 0 Å². The molecule has 0 aliphatic carbocycles. The van der Waals surface area contributed by atoms with E-state index in [0.717, 1.165) is 73.4 Å². The van der Waals surface area contributed by atoms with Gasteiger partial charge in [-0.3, -0.25) is 0 Å². The quantitative estimate of drug-likeness (QED) is 0.127. The zero-order valence-corrected chi connectivity index (χ0v) is 27.1. The fourth-order valence-electron chi connectivity index (χ4n) is 4.95. The van der Waals surface area contributed by atoms with Crippen molar-refractivity contribution in [1.82, 2.24) is 4.90 Å². The van der Waals surface area contributed by atoms with E-state index < -0.39 is 0 Å². The van der Waals surface area contributed by atoms with E-state index in [1.54, 1.807) is 0 Å². The van der Waals surface area contributed by atoms with Gasteiger partial charge in [0.25, 0.3) is 0 Å². The third-order valence-electron chi connectivity index (χ3n) is 6.97. The molecule has 3 aromatic rings. The maximum Gasteiger partial charge on any atom is 0.161 e. The maximum absolute atomic E-state index is 5.88. The van der Waals surface area contributed by atoms with Crippen molar-refractivity contribution in [2.24, 2.45) is 0 Å². The third kappa shape index (κ3) is 10.9. The molecule has 7 heteroatoms. The number of ether oxygens (including phenoxy) is 6. The molecule has 0 unspecified atom stereocenters. The SMILES string of the molecule is CCOc1ccc(CCN(CCc2ccc(OCC)c(OCC)c2)CCc2ccc(OCC)c(OCC)c2)cc1OCC. The summed E-state index contributed by atoms with van der Waals surface area (Å²) in [5, 5.41) is 0. The van der Waals surface area contributed by atoms with Gasteiger partial charge in [0.05, 0.1) is 39.6 Å². The molecule has 0 fully saturated rings. The summed E-state index contributed by atoms with van der Waals surface area (Å²) in [5.74, 6) is 4.82. The Kier molecular flexibility index (Phi) is 14.9. The Labute approximate surface area is 259 Å². The Morgan fingerprint density at radius 1 is 0.372 bits per heavy atom. The highest BCUT2D eigenvalue weighted by Gasteiger charge is 2.13. The van der Waals surface area contributed by atoms with E-state index in [1.165, 1.54) is 16.7 Å². The molecule has 0 saturated heterocycles. The van der Waals surface area contributed by atoms with E-state index >= 15 is 0 Å². The minimum Gasteiger partial charge on any atom is -0.490 e. The minimum atomic E-state index is 0.604. The van der Waals surface area contributed by atoms with Crippen LogP contribution in [0.5, 0.6) is 34.5 Å². The van der Waals surface area contributed by atoms with Crippen molar-refractivity contribution < 1.29 is 28.4 Å². The molecule has 0 N–H and O–H groups in total. The summed E-state index contributed by atoms with van der Waals surface area (Å²) < 4.78 is 35.0. The highest BCUT2D eigenvalue weighted by atomic mass is 16.5. The van der Waals surface area contributed by atoms with E-state index in [2.05, 4.69) is 41.3 Å². The van der Waals surface area contributed by atoms with Gasteiger partial charge in [-0.2, -0.15) is 0 Å². The lowest BCUT2D eigenvalue weighted by atomic mass is 10.1. The fourth-order valence-corrected chi connectivity index (χ4v) is 4.95. The van der Waals surface area contributed by atoms with Crippen LogP contribution in [-0.2, 0) is 19.3 Å². The Hall–Kier alpha value is -3.58. The molecule has 3 rings (SSSR count). The van der Waals surface area contributed by atoms with Crippen LogP contribution in [0.3, 0.4) is 0 Å². The molecule has 7 nitrogen and oxygen atoms in total. The van der Waals surface area contributed by atoms with Gasteiger partial charge < -0.3 is 33.3 Å². The molecule has 3 aromatic carbocycles. The van der Waals surface area contributed by atoms with E-state index in [9.17, 15) is 0 Å². The van der Waals surface area contributed by atoms with Crippen molar-refractivity contribution in [3.63, 3.8) is 0 Å². The van der Waals surface area contributed by atoms with Crippen LogP contribution < -0.4 is 28.4 Å². The Morgan fingerprint density at radius 3 is 0.884 bits per heavy atom. The molecule has 0 heterocycles. The van der Waals surface area contributed by atoms with Crippen LogP contribution in [0, 0.1) is 0 Å². The van der Waals surface area contributed by atoms with Gasteiger partial charge in [-0.1, -0.05) is 18.2 Å². The lowest BCUT2D eigenvalue weighted by Gasteiger charge is -2.23. The Balaban J connectivity index is 1.76. The molecule has 236 valence electrons. The highest BCUT2D eigenvalue weighted by molar-refractivity contribution is 5.45. The molecular weight excluding hydrogens is 542 g/mol. The molecule has 0 aliphatic rings. The molecule has 0 spiro atoms. The highest BCUT2D eigenvalue weighted by Crippen LogP contribution is 2.31.